The lowest BCUT2D eigenvalue weighted by molar-refractivity contribution is 0.0945. The molecule has 9 heteroatoms. The van der Waals surface area contributed by atoms with E-state index in [1.807, 2.05) is 44.2 Å². The molecule has 0 bridgehead atoms. The van der Waals surface area contributed by atoms with Crippen molar-refractivity contribution in [2.45, 2.75) is 13.8 Å². The first-order chi connectivity index (χ1) is 16.9. The van der Waals surface area contributed by atoms with Gasteiger partial charge in [-0.3, -0.25) is 4.79 Å². The maximum absolute atomic E-state index is 14.6. The Morgan fingerprint density at radius 2 is 1.60 bits per heavy atom. The van der Waals surface area contributed by atoms with Gasteiger partial charge in [0.2, 0.25) is 0 Å². The molecule has 0 unspecified atom stereocenters. The lowest BCUT2D eigenvalue weighted by Crippen LogP contribution is -2.35. The van der Waals surface area contributed by atoms with Gasteiger partial charge in [0.05, 0.1) is 16.3 Å². The Morgan fingerprint density at radius 1 is 0.943 bits per heavy atom. The van der Waals surface area contributed by atoms with Gasteiger partial charge in [-0.05, 0) is 61.6 Å². The Morgan fingerprint density at radius 3 is 2.26 bits per heavy atom. The Hall–Kier alpha value is -3.62. The van der Waals surface area contributed by atoms with E-state index < -0.39 is 17.8 Å². The molecule has 0 aliphatic heterocycles. The molecule has 0 atom stereocenters. The smallest absolute Gasteiger partial charge is 0.323 e. The highest BCUT2D eigenvalue weighted by Crippen LogP contribution is 2.26. The minimum Gasteiger partial charge on any atom is -0.457 e. The van der Waals surface area contributed by atoms with Gasteiger partial charge >= 0.3 is 6.03 Å². The maximum Gasteiger partial charge on any atom is 0.323 e. The molecular formula is C26H28ClFN4O3. The average molecular weight is 499 g/mol. The molecule has 3 rings (SSSR count). The van der Waals surface area contributed by atoms with Crippen molar-refractivity contribution in [1.82, 2.24) is 10.2 Å². The Kier molecular flexibility index (Phi) is 9.46. The summed E-state index contributed by atoms with van der Waals surface area (Å²) in [6.45, 7) is 6.83. The van der Waals surface area contributed by atoms with Crippen LogP contribution in [0.2, 0.25) is 5.02 Å². The summed E-state index contributed by atoms with van der Waals surface area (Å²) in [7, 11) is 0. The lowest BCUT2D eigenvalue weighted by atomic mass is 10.1. The second kappa shape index (κ2) is 12.7. The van der Waals surface area contributed by atoms with Crippen LogP contribution >= 0.6 is 11.6 Å². The van der Waals surface area contributed by atoms with Crippen LogP contribution in [0.3, 0.4) is 0 Å². The number of hydrogen-bond acceptors (Lipinski definition) is 4. The van der Waals surface area contributed by atoms with Gasteiger partial charge < -0.3 is 25.6 Å². The topological polar surface area (TPSA) is 82.7 Å². The van der Waals surface area contributed by atoms with E-state index >= 15 is 0 Å². The third kappa shape index (κ3) is 7.70. The molecule has 0 radical (unpaired) electrons. The highest BCUT2D eigenvalue weighted by atomic mass is 35.5. The predicted molar refractivity (Wildman–Crippen MR) is 137 cm³/mol. The highest BCUT2D eigenvalue weighted by Gasteiger charge is 2.17. The zero-order chi connectivity index (χ0) is 25.2. The summed E-state index contributed by atoms with van der Waals surface area (Å²) >= 11 is 6.21. The molecule has 0 aromatic heterocycles. The van der Waals surface area contributed by atoms with E-state index in [2.05, 4.69) is 20.9 Å². The van der Waals surface area contributed by atoms with Gasteiger partial charge in [0.25, 0.3) is 5.91 Å². The molecule has 0 aliphatic carbocycles. The minimum absolute atomic E-state index is 0.0436. The number of nitrogens with zero attached hydrogens (tertiary/aromatic N) is 1. The molecule has 0 spiro atoms. The van der Waals surface area contributed by atoms with Crippen molar-refractivity contribution in [3.05, 3.63) is 83.1 Å². The first kappa shape index (κ1) is 26.0. The van der Waals surface area contributed by atoms with Crippen LogP contribution in [-0.4, -0.2) is 43.0 Å². The van der Waals surface area contributed by atoms with E-state index in [-0.39, 0.29) is 16.3 Å². The summed E-state index contributed by atoms with van der Waals surface area (Å²) in [4.78, 5) is 26.9. The second-order valence-electron chi connectivity index (χ2n) is 7.61. The van der Waals surface area contributed by atoms with Crippen molar-refractivity contribution in [2.75, 3.05) is 36.8 Å². The fourth-order valence-corrected chi connectivity index (χ4v) is 3.51. The van der Waals surface area contributed by atoms with Crippen molar-refractivity contribution in [2.24, 2.45) is 0 Å². The van der Waals surface area contributed by atoms with Gasteiger partial charge in [-0.25, -0.2) is 9.18 Å². The van der Waals surface area contributed by atoms with Crippen LogP contribution in [0.25, 0.3) is 0 Å². The molecule has 35 heavy (non-hydrogen) atoms. The molecule has 0 fully saturated rings. The fraction of sp³-hybridized carbons (Fsp3) is 0.231. The Labute approximate surface area is 209 Å². The lowest BCUT2D eigenvalue weighted by Gasteiger charge is -2.18. The van der Waals surface area contributed by atoms with Gasteiger partial charge in [0, 0.05) is 18.8 Å². The maximum atomic E-state index is 14.6. The standard InChI is InChI=1S/C26H28ClFN4O3/c1-3-32(4-2)15-14-29-25(33)21-16-22(27)24(17-23(21)28)31-26(34)30-18-10-12-20(13-11-18)35-19-8-6-5-7-9-19/h5-13,16-17H,3-4,14-15H2,1-2H3,(H,29,33)(H2,30,31,34). The number of nitrogens with one attached hydrogen (secondary N) is 3. The Balaban J connectivity index is 1.56. The molecule has 0 saturated heterocycles. The molecule has 0 saturated carbocycles. The summed E-state index contributed by atoms with van der Waals surface area (Å²) in [5.41, 5.74) is 0.364. The average Bonchev–Trinajstić information content (AvgIpc) is 2.85. The number of likely N-dealkylation sites (N-methyl/N-ethyl adjacent to an activating group) is 1. The number of benzene rings is 3. The number of amides is 3. The van der Waals surface area contributed by atoms with Crippen molar-refractivity contribution in [3.63, 3.8) is 0 Å². The molecule has 3 aromatic rings. The van der Waals surface area contributed by atoms with Gasteiger partial charge in [-0.1, -0.05) is 43.6 Å². The first-order valence-electron chi connectivity index (χ1n) is 11.3. The summed E-state index contributed by atoms with van der Waals surface area (Å²) < 4.78 is 20.3. The Bertz CT molecular complexity index is 1140. The van der Waals surface area contributed by atoms with Crippen LogP contribution in [0, 0.1) is 5.82 Å². The van der Waals surface area contributed by atoms with Crippen LogP contribution in [0.5, 0.6) is 11.5 Å². The van der Waals surface area contributed by atoms with Crippen LogP contribution in [0.15, 0.2) is 66.7 Å². The number of hydrogen-bond donors (Lipinski definition) is 3. The van der Waals surface area contributed by atoms with Crippen LogP contribution in [-0.2, 0) is 0 Å². The van der Waals surface area contributed by atoms with Gasteiger partial charge in [0.15, 0.2) is 0 Å². The van der Waals surface area contributed by atoms with Gasteiger partial charge in [-0.15, -0.1) is 0 Å². The first-order valence-corrected chi connectivity index (χ1v) is 11.7. The molecular weight excluding hydrogens is 471 g/mol. The van der Waals surface area contributed by atoms with E-state index in [4.69, 9.17) is 16.3 Å². The number of anilines is 2. The number of ether oxygens (including phenoxy) is 1. The quantitative estimate of drug-likeness (QED) is 0.321. The van der Waals surface area contributed by atoms with Gasteiger partial charge in [0.1, 0.15) is 17.3 Å². The number of carbonyl (C=O) groups excluding carboxylic acids is 2. The SMILES string of the molecule is CCN(CC)CCNC(=O)c1cc(Cl)c(NC(=O)Nc2ccc(Oc3ccccc3)cc2)cc1F. The van der Waals surface area contributed by atoms with E-state index in [1.165, 1.54) is 6.07 Å². The number of carbonyl (C=O) groups is 2. The molecule has 0 heterocycles. The number of urea groups is 1. The molecule has 184 valence electrons. The zero-order valence-electron chi connectivity index (χ0n) is 19.6. The van der Waals surface area contributed by atoms with E-state index in [1.54, 1.807) is 24.3 Å². The molecule has 3 aromatic carbocycles. The van der Waals surface area contributed by atoms with Crippen LogP contribution < -0.4 is 20.7 Å². The number of para-hydroxylation sites is 1. The highest BCUT2D eigenvalue weighted by molar-refractivity contribution is 6.34. The molecule has 3 N–H and O–H groups in total. The van der Waals surface area contributed by atoms with E-state index in [9.17, 15) is 14.0 Å². The second-order valence-corrected chi connectivity index (χ2v) is 8.02. The predicted octanol–water partition coefficient (Wildman–Crippen LogP) is 5.99. The zero-order valence-corrected chi connectivity index (χ0v) is 20.4. The van der Waals surface area contributed by atoms with Crippen LogP contribution in [0.1, 0.15) is 24.2 Å². The normalized spacial score (nSPS) is 10.7. The van der Waals surface area contributed by atoms with Crippen molar-refractivity contribution in [3.8, 4) is 11.5 Å². The third-order valence-electron chi connectivity index (χ3n) is 5.25. The number of rotatable bonds is 10. The van der Waals surface area contributed by atoms with Crippen molar-refractivity contribution < 1.29 is 18.7 Å². The molecule has 7 nitrogen and oxygen atoms in total. The number of halogens is 2. The monoisotopic (exact) mass is 498 g/mol. The summed E-state index contributed by atoms with van der Waals surface area (Å²) in [5.74, 6) is -0.0419. The minimum atomic E-state index is -0.785. The largest absolute Gasteiger partial charge is 0.457 e. The fourth-order valence-electron chi connectivity index (χ4n) is 3.29. The van der Waals surface area contributed by atoms with Crippen molar-refractivity contribution in [1.29, 1.82) is 0 Å². The van der Waals surface area contributed by atoms with Crippen LogP contribution in [0.4, 0.5) is 20.6 Å². The molecule has 0 aliphatic rings. The van der Waals surface area contributed by atoms with Crippen molar-refractivity contribution >= 4 is 34.9 Å². The third-order valence-corrected chi connectivity index (χ3v) is 5.56. The van der Waals surface area contributed by atoms with E-state index in [0.717, 1.165) is 19.2 Å². The summed E-state index contributed by atoms with van der Waals surface area (Å²) in [6.07, 6.45) is 0. The molecule has 3 amide bonds. The van der Waals surface area contributed by atoms with Gasteiger partial charge in [-0.2, -0.15) is 0 Å². The summed E-state index contributed by atoms with van der Waals surface area (Å²) in [6, 6.07) is 17.7. The van der Waals surface area contributed by atoms with E-state index in [0.29, 0.717) is 30.3 Å². The summed E-state index contributed by atoms with van der Waals surface area (Å²) in [5, 5.41) is 7.88.